The standard InChI is InChI=1S/C46H62ClN7O8S/c1-8-28-20-46(28,43(58)59)52-41(56)34-18-30(22-54(34)42(57)39(45(4,5)6)51-40(55)27-16-25-15-26(25)17-27)62-36-19-32(33-23-63-44(50-33)48-24(2)3)49-38-31(36)9-10-35(37(38)47)61-14-13-53-12-11-29(21-53)60-7/h9-10,19,23-30,34,39H,8,11-18,20-22H2,1-7H3,(H,48,50)(H,51,55)(H,52,56)(H,58,59)/t25-,26+,27?,28-,29-,30?,34?,39-,46-/m1/s1. The van der Waals surface area contributed by atoms with Crippen molar-refractivity contribution < 1.29 is 38.5 Å². The Hall–Kier alpha value is -4.25. The van der Waals surface area contributed by atoms with E-state index in [-0.39, 0.29) is 42.9 Å². The highest BCUT2D eigenvalue weighted by molar-refractivity contribution is 7.14. The third-order valence-electron chi connectivity index (χ3n) is 13.7. The molecule has 9 atom stereocenters. The lowest BCUT2D eigenvalue weighted by molar-refractivity contribution is -0.147. The number of nitrogens with zero attached hydrogens (tertiary/aromatic N) is 4. The van der Waals surface area contributed by atoms with Gasteiger partial charge in [-0.15, -0.1) is 11.3 Å². The van der Waals surface area contributed by atoms with Crippen LogP contribution in [0, 0.1) is 29.1 Å². The number of nitrogens with one attached hydrogen (secondary N) is 3. The number of amides is 3. The number of carbonyl (C=O) groups is 4. The summed E-state index contributed by atoms with van der Waals surface area (Å²) >= 11 is 8.59. The molecule has 2 aliphatic heterocycles. The molecule has 5 fully saturated rings. The summed E-state index contributed by atoms with van der Waals surface area (Å²) in [5.74, 6) is -0.516. The number of aliphatic carboxylic acids is 1. The van der Waals surface area contributed by atoms with Crippen molar-refractivity contribution in [3.05, 3.63) is 28.6 Å². The molecule has 15 nitrogen and oxygen atoms in total. The Balaban J connectivity index is 1.10. The maximum Gasteiger partial charge on any atom is 0.329 e. The lowest BCUT2D eigenvalue weighted by Gasteiger charge is -2.36. The summed E-state index contributed by atoms with van der Waals surface area (Å²) in [6.45, 7) is 14.6. The van der Waals surface area contributed by atoms with Gasteiger partial charge in [0.15, 0.2) is 5.13 Å². The SMILES string of the molecule is CC[C@@H]1C[C@]1(NC(=O)C1CC(Oc2cc(-c3csc(NC(C)C)n3)nc3c(Cl)c(OCCN4CC[C@@H](OC)C4)ccc23)CN1C(=O)[C@@H](NC(=O)C1C[C@@H]2C[C@@H]2C1)C(C)(C)C)C(=O)O. The van der Waals surface area contributed by atoms with E-state index < -0.39 is 46.9 Å². The number of carbonyl (C=O) groups excluding carboxylic acids is 3. The number of fused-ring (bicyclic) bond motifs is 2. The number of rotatable bonds is 17. The zero-order valence-corrected chi connectivity index (χ0v) is 38.9. The molecular formula is C46H62ClN7O8S. The third-order valence-corrected chi connectivity index (χ3v) is 14.9. The molecule has 342 valence electrons. The molecule has 3 aliphatic carbocycles. The Morgan fingerprint density at radius 3 is 2.43 bits per heavy atom. The van der Waals surface area contributed by atoms with Gasteiger partial charge in [-0.05, 0) is 81.3 Å². The third kappa shape index (κ3) is 9.60. The highest BCUT2D eigenvalue weighted by atomic mass is 35.5. The van der Waals surface area contributed by atoms with Gasteiger partial charge in [0.05, 0.1) is 23.9 Å². The lowest BCUT2D eigenvalue weighted by atomic mass is 9.85. The summed E-state index contributed by atoms with van der Waals surface area (Å²) in [6, 6.07) is 3.60. The molecule has 4 heterocycles. The highest BCUT2D eigenvalue weighted by Gasteiger charge is 2.61. The van der Waals surface area contributed by atoms with Gasteiger partial charge in [-0.2, -0.15) is 0 Å². The number of methoxy groups -OCH3 is 1. The molecule has 0 radical (unpaired) electrons. The molecule has 17 heteroatoms. The van der Waals surface area contributed by atoms with Crippen LogP contribution in [0.1, 0.15) is 86.5 Å². The van der Waals surface area contributed by atoms with Crippen molar-refractivity contribution in [1.82, 2.24) is 30.4 Å². The predicted octanol–water partition coefficient (Wildman–Crippen LogP) is 6.23. The molecule has 3 amide bonds. The fourth-order valence-electron chi connectivity index (χ4n) is 9.88. The minimum atomic E-state index is -1.40. The van der Waals surface area contributed by atoms with E-state index in [0.29, 0.717) is 76.6 Å². The predicted molar refractivity (Wildman–Crippen MR) is 241 cm³/mol. The second-order valence-corrected chi connectivity index (χ2v) is 20.9. The molecule has 8 rings (SSSR count). The average molecular weight is 909 g/mol. The van der Waals surface area contributed by atoms with E-state index in [2.05, 4.69) is 20.9 Å². The zero-order chi connectivity index (χ0) is 45.0. The van der Waals surface area contributed by atoms with E-state index in [0.717, 1.165) is 37.5 Å². The normalized spacial score (nSPS) is 28.2. The molecule has 0 spiro atoms. The number of likely N-dealkylation sites (tertiary alicyclic amines) is 2. The Morgan fingerprint density at radius 1 is 1.02 bits per heavy atom. The van der Waals surface area contributed by atoms with E-state index in [1.165, 1.54) is 22.7 Å². The number of benzene rings is 1. The second-order valence-electron chi connectivity index (χ2n) is 19.7. The quantitative estimate of drug-likeness (QED) is 0.120. The number of pyridine rings is 1. The van der Waals surface area contributed by atoms with E-state index >= 15 is 0 Å². The van der Waals surface area contributed by atoms with Crippen LogP contribution in [0.3, 0.4) is 0 Å². The van der Waals surface area contributed by atoms with Crippen LogP contribution in [-0.2, 0) is 23.9 Å². The van der Waals surface area contributed by atoms with Crippen LogP contribution >= 0.6 is 22.9 Å². The minimum absolute atomic E-state index is 0.0118. The van der Waals surface area contributed by atoms with Crippen molar-refractivity contribution in [3.8, 4) is 22.9 Å². The Bertz CT molecular complexity index is 2220. The van der Waals surface area contributed by atoms with Crippen LogP contribution in [0.2, 0.25) is 5.02 Å². The first-order valence-corrected chi connectivity index (χ1v) is 23.8. The average Bonchev–Trinajstić information content (AvgIpc) is 3.71. The topological polar surface area (TPSA) is 185 Å². The molecule has 2 aromatic heterocycles. The molecule has 5 aliphatic rings. The number of ether oxygens (including phenoxy) is 3. The number of thiazole rings is 1. The van der Waals surface area contributed by atoms with Crippen LogP contribution in [-0.4, -0.2) is 124 Å². The molecule has 0 bridgehead atoms. The van der Waals surface area contributed by atoms with Gasteiger partial charge in [0, 0.05) is 62.0 Å². The first kappa shape index (κ1) is 45.3. The summed E-state index contributed by atoms with van der Waals surface area (Å²) in [5.41, 5.74) is -0.543. The largest absolute Gasteiger partial charge is 0.491 e. The molecule has 3 saturated carbocycles. The fourth-order valence-corrected chi connectivity index (χ4v) is 11.0. The van der Waals surface area contributed by atoms with Crippen LogP contribution in [0.4, 0.5) is 5.13 Å². The summed E-state index contributed by atoms with van der Waals surface area (Å²) in [7, 11) is 1.74. The fraction of sp³-hybridized carbons (Fsp3) is 0.652. The molecule has 3 aromatic rings. The van der Waals surface area contributed by atoms with Crippen molar-refractivity contribution in [2.24, 2.45) is 29.1 Å². The van der Waals surface area contributed by atoms with Gasteiger partial charge < -0.3 is 40.2 Å². The first-order valence-electron chi connectivity index (χ1n) is 22.5. The smallest absolute Gasteiger partial charge is 0.329 e. The van der Waals surface area contributed by atoms with Crippen molar-refractivity contribution >= 4 is 62.7 Å². The van der Waals surface area contributed by atoms with E-state index in [4.69, 9.17) is 35.8 Å². The van der Waals surface area contributed by atoms with E-state index in [1.807, 2.05) is 53.0 Å². The van der Waals surface area contributed by atoms with Gasteiger partial charge >= 0.3 is 5.97 Å². The van der Waals surface area contributed by atoms with Crippen LogP contribution in [0.15, 0.2) is 23.6 Å². The van der Waals surface area contributed by atoms with E-state index in [1.54, 1.807) is 19.2 Å². The highest BCUT2D eigenvalue weighted by Crippen LogP contribution is 2.54. The summed E-state index contributed by atoms with van der Waals surface area (Å²) in [4.78, 5) is 69.0. The number of halogens is 1. The van der Waals surface area contributed by atoms with Crippen LogP contribution in [0.5, 0.6) is 11.5 Å². The second kappa shape index (κ2) is 18.0. The van der Waals surface area contributed by atoms with Crippen LogP contribution < -0.4 is 25.4 Å². The van der Waals surface area contributed by atoms with Gasteiger partial charge in [-0.25, -0.2) is 14.8 Å². The van der Waals surface area contributed by atoms with Crippen molar-refractivity contribution in [3.63, 3.8) is 0 Å². The number of aromatic nitrogens is 2. The van der Waals surface area contributed by atoms with E-state index in [9.17, 15) is 24.3 Å². The Morgan fingerprint density at radius 2 is 1.78 bits per heavy atom. The number of carboxylic acids is 1. The first-order chi connectivity index (χ1) is 30.0. The number of anilines is 1. The van der Waals surface area contributed by atoms with Crippen LogP contribution in [0.25, 0.3) is 22.3 Å². The summed E-state index contributed by atoms with van der Waals surface area (Å²) in [5, 5.41) is 23.1. The number of hydrogen-bond acceptors (Lipinski definition) is 12. The molecule has 4 N–H and O–H groups in total. The zero-order valence-electron chi connectivity index (χ0n) is 37.4. The van der Waals surface area contributed by atoms with Gasteiger partial charge in [0.2, 0.25) is 17.7 Å². The molecule has 63 heavy (non-hydrogen) atoms. The maximum atomic E-state index is 14.9. The Kier molecular flexibility index (Phi) is 12.9. The van der Waals surface area contributed by atoms with Gasteiger partial charge in [0.1, 0.15) is 52.5 Å². The molecule has 1 aromatic carbocycles. The molecule has 3 unspecified atom stereocenters. The number of hydrogen-bond donors (Lipinski definition) is 4. The van der Waals surface area contributed by atoms with Crippen molar-refractivity contribution in [2.45, 2.75) is 122 Å². The Labute approximate surface area is 378 Å². The minimum Gasteiger partial charge on any atom is -0.491 e. The van der Waals surface area contributed by atoms with Gasteiger partial charge in [-0.3, -0.25) is 19.3 Å². The summed E-state index contributed by atoms with van der Waals surface area (Å²) < 4.78 is 18.6. The summed E-state index contributed by atoms with van der Waals surface area (Å²) in [6.07, 6.45) is 4.27. The van der Waals surface area contributed by atoms with Crippen molar-refractivity contribution in [1.29, 1.82) is 0 Å². The monoisotopic (exact) mass is 907 g/mol. The van der Waals surface area contributed by atoms with Gasteiger partial charge in [0.25, 0.3) is 0 Å². The number of carboxylic acid groups (broad SMARTS) is 1. The van der Waals surface area contributed by atoms with Crippen molar-refractivity contribution in [2.75, 3.05) is 45.2 Å². The maximum absolute atomic E-state index is 14.9. The molecule has 2 saturated heterocycles. The van der Waals surface area contributed by atoms with Gasteiger partial charge in [-0.1, -0.05) is 45.7 Å². The molecular weight excluding hydrogens is 846 g/mol. The lowest BCUT2D eigenvalue weighted by Crippen LogP contribution is -2.59.